The molecule has 0 saturated carbocycles. The van der Waals surface area contributed by atoms with E-state index in [2.05, 4.69) is 77.4 Å². The molecule has 0 heterocycles. The molecule has 0 aliphatic carbocycles. The molecule has 0 rings (SSSR count). The molecule has 182 valence electrons. The molecule has 0 saturated heterocycles. The fourth-order valence-corrected chi connectivity index (χ4v) is 3.44. The molecule has 0 aromatic rings. The second-order valence-electron chi connectivity index (χ2n) is 10.8. The van der Waals surface area contributed by atoms with Gasteiger partial charge in [-0.1, -0.05) is 75.7 Å². The van der Waals surface area contributed by atoms with Crippen molar-refractivity contribution in [1.29, 1.82) is 0 Å². The Balaban J connectivity index is 4.47. The van der Waals surface area contributed by atoms with Crippen molar-refractivity contribution in [2.45, 2.75) is 131 Å². The highest BCUT2D eigenvalue weighted by atomic mass is 16.3. The Morgan fingerprint density at radius 3 is 1.38 bits per heavy atom. The molecule has 0 aromatic heterocycles. The molecule has 0 aromatic carbocycles. The summed E-state index contributed by atoms with van der Waals surface area (Å²) in [6, 6.07) is 0. The van der Waals surface area contributed by atoms with E-state index in [1.807, 2.05) is 0 Å². The molecule has 0 bridgehead atoms. The monoisotopic (exact) mass is 442 g/mol. The van der Waals surface area contributed by atoms with Crippen molar-refractivity contribution in [3.05, 3.63) is 23.3 Å². The van der Waals surface area contributed by atoms with Crippen LogP contribution in [-0.2, 0) is 0 Å². The first-order valence-corrected chi connectivity index (χ1v) is 12.6. The van der Waals surface area contributed by atoms with Crippen LogP contribution >= 0.6 is 0 Å². The van der Waals surface area contributed by atoms with Crippen molar-refractivity contribution in [2.24, 2.45) is 11.8 Å². The van der Waals surface area contributed by atoms with E-state index in [0.29, 0.717) is 12.8 Å². The fraction of sp³-hybridized carbons (Fsp3) is 0.733. The average molecular weight is 443 g/mol. The smallest absolute Gasteiger partial charge is 0.124 e. The lowest BCUT2D eigenvalue weighted by Crippen LogP contribution is -2.21. The van der Waals surface area contributed by atoms with Crippen LogP contribution in [0.5, 0.6) is 0 Å². The maximum absolute atomic E-state index is 10.5. The Morgan fingerprint density at radius 1 is 0.719 bits per heavy atom. The van der Waals surface area contributed by atoms with E-state index in [1.165, 1.54) is 36.8 Å². The number of hydrogen-bond donors (Lipinski definition) is 2. The predicted octanol–water partition coefficient (Wildman–Crippen LogP) is 7.60. The molecule has 0 fully saturated rings. The predicted molar refractivity (Wildman–Crippen MR) is 140 cm³/mol. The van der Waals surface area contributed by atoms with Crippen LogP contribution in [0.1, 0.15) is 120 Å². The van der Waals surface area contributed by atoms with E-state index in [1.54, 1.807) is 13.8 Å². The first-order valence-electron chi connectivity index (χ1n) is 12.6. The Morgan fingerprint density at radius 2 is 1.06 bits per heavy atom. The van der Waals surface area contributed by atoms with Gasteiger partial charge in [-0.3, -0.25) is 0 Å². The highest BCUT2D eigenvalue weighted by Gasteiger charge is 2.16. The summed E-state index contributed by atoms with van der Waals surface area (Å²) in [5, 5.41) is 20.9. The molecule has 0 aliphatic rings. The number of hydrogen-bond acceptors (Lipinski definition) is 2. The zero-order chi connectivity index (χ0) is 24.6. The SMILES string of the molecule is CC(=CCCC(C)(O)C#CC#CC(C)(O)CCC=C(C)CCCC(C)C)CCCC(C)C. The molecular weight excluding hydrogens is 392 g/mol. The van der Waals surface area contributed by atoms with Gasteiger partial charge < -0.3 is 10.2 Å². The second kappa shape index (κ2) is 16.2. The van der Waals surface area contributed by atoms with Crippen LogP contribution in [0.25, 0.3) is 0 Å². The van der Waals surface area contributed by atoms with Crippen molar-refractivity contribution < 1.29 is 10.2 Å². The van der Waals surface area contributed by atoms with Gasteiger partial charge in [-0.25, -0.2) is 0 Å². The molecule has 2 heteroatoms. The minimum absolute atomic E-state index is 0.584. The molecule has 2 atom stereocenters. The van der Waals surface area contributed by atoms with Gasteiger partial charge in [0, 0.05) is 0 Å². The summed E-state index contributed by atoms with van der Waals surface area (Å²) in [5.74, 6) is 12.7. The second-order valence-corrected chi connectivity index (χ2v) is 10.8. The van der Waals surface area contributed by atoms with E-state index >= 15 is 0 Å². The fourth-order valence-electron chi connectivity index (χ4n) is 3.44. The van der Waals surface area contributed by atoms with Crippen LogP contribution < -0.4 is 0 Å². The summed E-state index contributed by atoms with van der Waals surface area (Å²) in [6.07, 6.45) is 14.4. The Kier molecular flexibility index (Phi) is 15.4. The minimum atomic E-state index is -1.06. The number of allylic oxidation sites excluding steroid dienone is 4. The van der Waals surface area contributed by atoms with Crippen LogP contribution in [0.4, 0.5) is 0 Å². The van der Waals surface area contributed by atoms with Crippen LogP contribution in [0.2, 0.25) is 0 Å². The zero-order valence-electron chi connectivity index (χ0n) is 22.3. The van der Waals surface area contributed by atoms with Gasteiger partial charge in [-0.2, -0.15) is 0 Å². The molecule has 0 aliphatic heterocycles. The lowest BCUT2D eigenvalue weighted by atomic mass is 9.97. The third-order valence-electron chi connectivity index (χ3n) is 5.68. The molecule has 0 radical (unpaired) electrons. The van der Waals surface area contributed by atoms with E-state index in [-0.39, 0.29) is 0 Å². The van der Waals surface area contributed by atoms with Gasteiger partial charge in [0.15, 0.2) is 0 Å². The van der Waals surface area contributed by atoms with Crippen molar-refractivity contribution in [2.75, 3.05) is 0 Å². The van der Waals surface area contributed by atoms with Crippen molar-refractivity contribution >= 4 is 0 Å². The van der Waals surface area contributed by atoms with Crippen LogP contribution in [0, 0.1) is 35.5 Å². The van der Waals surface area contributed by atoms with Gasteiger partial charge in [-0.15, -0.1) is 0 Å². The Labute approximate surface area is 200 Å². The Bertz CT molecular complexity index is 635. The molecule has 32 heavy (non-hydrogen) atoms. The van der Waals surface area contributed by atoms with Gasteiger partial charge in [0.25, 0.3) is 0 Å². The number of rotatable bonds is 14. The van der Waals surface area contributed by atoms with Crippen LogP contribution in [0.15, 0.2) is 23.3 Å². The topological polar surface area (TPSA) is 40.5 Å². The largest absolute Gasteiger partial charge is 0.378 e. The maximum atomic E-state index is 10.5. The molecular formula is C30H50O2. The first-order chi connectivity index (χ1) is 14.8. The van der Waals surface area contributed by atoms with Gasteiger partial charge in [-0.05, 0) is 103 Å². The average Bonchev–Trinajstić information content (AvgIpc) is 2.64. The molecule has 2 N–H and O–H groups in total. The minimum Gasteiger partial charge on any atom is -0.378 e. The summed E-state index contributed by atoms with van der Waals surface area (Å²) in [7, 11) is 0. The Hall–Kier alpha value is -1.48. The number of aliphatic hydroxyl groups is 2. The van der Waals surface area contributed by atoms with Gasteiger partial charge in [0.2, 0.25) is 0 Å². The highest BCUT2D eigenvalue weighted by molar-refractivity contribution is 5.32. The van der Waals surface area contributed by atoms with E-state index < -0.39 is 11.2 Å². The van der Waals surface area contributed by atoms with E-state index in [9.17, 15) is 10.2 Å². The maximum Gasteiger partial charge on any atom is 0.124 e. The lowest BCUT2D eigenvalue weighted by molar-refractivity contribution is 0.112. The van der Waals surface area contributed by atoms with E-state index in [0.717, 1.165) is 37.5 Å². The summed E-state index contributed by atoms with van der Waals surface area (Å²) in [6.45, 7) is 16.8. The molecule has 2 nitrogen and oxygen atoms in total. The summed E-state index contributed by atoms with van der Waals surface area (Å²) >= 11 is 0. The van der Waals surface area contributed by atoms with Gasteiger partial charge in [0.1, 0.15) is 11.2 Å². The summed E-state index contributed by atoms with van der Waals surface area (Å²) in [4.78, 5) is 0. The van der Waals surface area contributed by atoms with Crippen molar-refractivity contribution in [3.63, 3.8) is 0 Å². The van der Waals surface area contributed by atoms with Crippen LogP contribution in [0.3, 0.4) is 0 Å². The molecule has 0 amide bonds. The summed E-state index contributed by atoms with van der Waals surface area (Å²) in [5.41, 5.74) is 0.639. The van der Waals surface area contributed by atoms with E-state index in [4.69, 9.17) is 0 Å². The van der Waals surface area contributed by atoms with Crippen molar-refractivity contribution in [1.82, 2.24) is 0 Å². The molecule has 0 spiro atoms. The van der Waals surface area contributed by atoms with Gasteiger partial charge >= 0.3 is 0 Å². The van der Waals surface area contributed by atoms with Crippen molar-refractivity contribution in [3.8, 4) is 23.7 Å². The highest BCUT2D eigenvalue weighted by Crippen LogP contribution is 2.17. The lowest BCUT2D eigenvalue weighted by Gasteiger charge is -2.15. The first kappa shape index (κ1) is 30.5. The standard InChI is InChI=1S/C30H50O2/c1-25(2)15-11-17-27(5)19-13-23-29(7,31)21-9-10-22-30(8,32)24-14-20-28(6)18-12-16-26(3)4/h19-20,25-26,31-32H,11-18,23-24H2,1-8H3. The molecule has 2 unspecified atom stereocenters. The quantitative estimate of drug-likeness (QED) is 0.215. The van der Waals surface area contributed by atoms with Gasteiger partial charge in [0.05, 0.1) is 0 Å². The normalized spacial score (nSPS) is 16.1. The summed E-state index contributed by atoms with van der Waals surface area (Å²) < 4.78 is 0. The third kappa shape index (κ3) is 19.2. The van der Waals surface area contributed by atoms with Crippen LogP contribution in [-0.4, -0.2) is 21.4 Å². The zero-order valence-corrected chi connectivity index (χ0v) is 22.3. The third-order valence-corrected chi connectivity index (χ3v) is 5.68.